The molecule has 2 heterocycles. The zero-order valence-electron chi connectivity index (χ0n) is 23.0. The van der Waals surface area contributed by atoms with Crippen molar-refractivity contribution in [1.82, 2.24) is 16.0 Å². The van der Waals surface area contributed by atoms with E-state index >= 15 is 0 Å². The number of hydrogen-bond donors (Lipinski definition) is 6. The molecule has 4 amide bonds. The number of fused-ring (bicyclic) bond motifs is 1. The van der Waals surface area contributed by atoms with E-state index in [4.69, 9.17) is 18.9 Å². The van der Waals surface area contributed by atoms with Crippen LogP contribution >= 0.6 is 11.8 Å². The van der Waals surface area contributed by atoms with Gasteiger partial charge in [0.15, 0.2) is 0 Å². The van der Waals surface area contributed by atoms with Crippen molar-refractivity contribution in [2.75, 3.05) is 70.5 Å². The fourth-order valence-electron chi connectivity index (χ4n) is 4.32. The van der Waals surface area contributed by atoms with Gasteiger partial charge < -0.3 is 25.4 Å². The second kappa shape index (κ2) is 19.3. The molecule has 3 rings (SSSR count). The van der Waals surface area contributed by atoms with Crippen molar-refractivity contribution in [2.24, 2.45) is 0 Å². The fourth-order valence-corrected chi connectivity index (χ4v) is 6.74. The Labute approximate surface area is 249 Å². The zero-order chi connectivity index (χ0) is 29.3. The molecule has 6 N–H and O–H groups in total. The number of thioether (sulfide) groups is 1. The van der Waals surface area contributed by atoms with E-state index in [1.807, 2.05) is 11.8 Å². The molecule has 0 bridgehead atoms. The van der Waals surface area contributed by atoms with Gasteiger partial charge in [-0.1, -0.05) is 6.42 Å². The number of nitrogens with one attached hydrogen (secondary N) is 4. The van der Waals surface area contributed by atoms with Crippen molar-refractivity contribution in [2.45, 2.75) is 43.0 Å². The first-order valence-corrected chi connectivity index (χ1v) is 17.4. The number of hydrogen-bond acceptors (Lipinski definition) is 10. The van der Waals surface area contributed by atoms with Crippen LogP contribution in [0.5, 0.6) is 0 Å². The summed E-state index contributed by atoms with van der Waals surface area (Å²) in [7, 11) is 0. The van der Waals surface area contributed by atoms with Crippen molar-refractivity contribution < 1.29 is 41.5 Å². The number of carbonyl (C=O) groups excluding carboxylic acids is 3. The number of benzene rings is 1. The molecule has 230 valence electrons. The van der Waals surface area contributed by atoms with Crippen LogP contribution in [0.3, 0.4) is 0 Å². The Morgan fingerprint density at radius 2 is 1.56 bits per heavy atom. The van der Waals surface area contributed by atoms with Crippen molar-refractivity contribution in [3.8, 4) is 0 Å². The standard InChI is InChI=1S/C26H41AsN4O9S/c32-23(4-2-1-3-22-25-21(18-41-22)30-26(34)31-25)28-9-10-37-11-12-38-13-14-39-15-16-40-17-24(33)29-20-7-5-19(6-8-20)27(35)36/h5-8,21-22,25,35-36H,1-4,9-18H2,(H,28,32)(H,29,33)(H2,30,31,34)/t21-,22-,25-/m1/s1. The molecule has 2 aliphatic heterocycles. The molecule has 15 heteroatoms. The Hall–Kier alpha value is -1.90. The fraction of sp³-hybridized carbons (Fsp3) is 0.654. The molecular formula is C26H41AsN4O9S. The molecule has 2 fully saturated rings. The molecule has 0 aromatic heterocycles. The average Bonchev–Trinajstić information content (AvgIpc) is 3.50. The summed E-state index contributed by atoms with van der Waals surface area (Å²) in [6.45, 7) is 3.01. The first kappa shape index (κ1) is 33.6. The van der Waals surface area contributed by atoms with Gasteiger partial charge in [0.2, 0.25) is 5.91 Å². The van der Waals surface area contributed by atoms with Crippen LogP contribution in [0, 0.1) is 0 Å². The van der Waals surface area contributed by atoms with Crippen LogP contribution in [-0.4, -0.2) is 124 Å². The maximum absolute atomic E-state index is 12.0. The van der Waals surface area contributed by atoms with Crippen LogP contribution in [0.25, 0.3) is 0 Å². The second-order valence-electron chi connectivity index (χ2n) is 9.49. The van der Waals surface area contributed by atoms with Gasteiger partial charge >= 0.3 is 116 Å². The number of anilines is 1. The molecule has 1 aromatic carbocycles. The van der Waals surface area contributed by atoms with E-state index < -0.39 is 15.3 Å². The van der Waals surface area contributed by atoms with Crippen LogP contribution in [0.2, 0.25) is 0 Å². The molecule has 13 nitrogen and oxygen atoms in total. The summed E-state index contributed by atoms with van der Waals surface area (Å²) in [6, 6.07) is 6.75. The van der Waals surface area contributed by atoms with Crippen LogP contribution in [0.15, 0.2) is 24.3 Å². The third-order valence-electron chi connectivity index (χ3n) is 6.38. The molecule has 1 aromatic rings. The summed E-state index contributed by atoms with van der Waals surface area (Å²) in [5.74, 6) is 0.665. The monoisotopic (exact) mass is 660 g/mol. The quantitative estimate of drug-likeness (QED) is 0.0557. The van der Waals surface area contributed by atoms with Crippen LogP contribution in [-0.2, 0) is 28.5 Å². The Morgan fingerprint density at radius 3 is 2.24 bits per heavy atom. The molecule has 3 atom stereocenters. The van der Waals surface area contributed by atoms with Gasteiger partial charge in [0.1, 0.15) is 0 Å². The predicted molar refractivity (Wildman–Crippen MR) is 155 cm³/mol. The molecule has 0 unspecified atom stereocenters. The van der Waals surface area contributed by atoms with Crippen LogP contribution in [0.4, 0.5) is 10.5 Å². The zero-order valence-corrected chi connectivity index (χ0v) is 25.7. The molecule has 0 saturated carbocycles. The van der Waals surface area contributed by atoms with Gasteiger partial charge in [0.25, 0.3) is 0 Å². The Morgan fingerprint density at radius 1 is 0.902 bits per heavy atom. The first-order chi connectivity index (χ1) is 19.9. The second-order valence-corrected chi connectivity index (χ2v) is 13.1. The number of rotatable bonds is 21. The molecule has 0 spiro atoms. The first-order valence-electron chi connectivity index (χ1n) is 13.8. The molecule has 2 aliphatic rings. The molecule has 0 aliphatic carbocycles. The topological polar surface area (TPSA) is 177 Å². The van der Waals surface area contributed by atoms with E-state index in [0.717, 1.165) is 25.0 Å². The minimum atomic E-state index is -2.90. The van der Waals surface area contributed by atoms with E-state index in [0.29, 0.717) is 67.9 Å². The van der Waals surface area contributed by atoms with Crippen molar-refractivity contribution in [3.05, 3.63) is 24.3 Å². The number of unbranched alkanes of at least 4 members (excludes halogenated alkanes) is 1. The molecule has 0 radical (unpaired) electrons. The van der Waals surface area contributed by atoms with Gasteiger partial charge in [-0.2, -0.15) is 11.8 Å². The number of carbonyl (C=O) groups is 3. The number of amides is 4. The van der Waals surface area contributed by atoms with Gasteiger partial charge in [0, 0.05) is 24.0 Å². The van der Waals surface area contributed by atoms with Gasteiger partial charge in [-0.05, 0) is 12.8 Å². The number of urea groups is 1. The number of ether oxygens (including phenoxy) is 4. The van der Waals surface area contributed by atoms with Crippen molar-refractivity contribution in [1.29, 1.82) is 0 Å². The third-order valence-corrected chi connectivity index (χ3v) is 9.48. The van der Waals surface area contributed by atoms with Gasteiger partial charge in [-0.15, -0.1) is 0 Å². The van der Waals surface area contributed by atoms with E-state index in [-0.39, 0.29) is 43.1 Å². The maximum atomic E-state index is 12.0. The Kier molecular flexibility index (Phi) is 15.8. The van der Waals surface area contributed by atoms with E-state index in [9.17, 15) is 22.6 Å². The van der Waals surface area contributed by atoms with Crippen molar-refractivity contribution >= 4 is 55.0 Å². The minimum absolute atomic E-state index is 0.0238. The third kappa shape index (κ3) is 13.3. The van der Waals surface area contributed by atoms with E-state index in [1.54, 1.807) is 24.3 Å². The Bertz CT molecular complexity index is 944. The normalized spacial score (nSPS) is 19.6. The summed E-state index contributed by atoms with van der Waals surface area (Å²) < 4.78 is 40.5. The molecule has 41 heavy (non-hydrogen) atoms. The summed E-state index contributed by atoms with van der Waals surface area (Å²) in [4.78, 5) is 35.3. The summed E-state index contributed by atoms with van der Waals surface area (Å²) in [5, 5.41) is 11.9. The summed E-state index contributed by atoms with van der Waals surface area (Å²) in [5.41, 5.74) is 0.555. The summed E-state index contributed by atoms with van der Waals surface area (Å²) in [6.07, 6.45) is 3.28. The predicted octanol–water partition coefficient (Wildman–Crippen LogP) is -0.787. The summed E-state index contributed by atoms with van der Waals surface area (Å²) >= 11 is -1.00. The Balaban J connectivity index is 1.02. The SMILES string of the molecule is O=C(CCCC[C@H]1SC[C@H]2NC(=O)N[C@H]21)NCCOCCOCCOCCOCC(=O)Nc1ccc([As](O)O)cc1. The van der Waals surface area contributed by atoms with Crippen LogP contribution < -0.4 is 25.6 Å². The molecule has 2 saturated heterocycles. The van der Waals surface area contributed by atoms with E-state index in [1.165, 1.54) is 0 Å². The average molecular weight is 661 g/mol. The van der Waals surface area contributed by atoms with Gasteiger partial charge in [-0.25, -0.2) is 4.79 Å². The van der Waals surface area contributed by atoms with Gasteiger partial charge in [0.05, 0.1) is 38.5 Å². The van der Waals surface area contributed by atoms with Crippen LogP contribution in [0.1, 0.15) is 25.7 Å². The molecular weight excluding hydrogens is 619 g/mol. The van der Waals surface area contributed by atoms with E-state index in [2.05, 4.69) is 21.3 Å². The van der Waals surface area contributed by atoms with Crippen molar-refractivity contribution in [3.63, 3.8) is 0 Å². The van der Waals surface area contributed by atoms with Gasteiger partial charge in [-0.3, -0.25) is 4.79 Å².